The largest absolute Gasteiger partial charge is 0.490 e. The van der Waals surface area contributed by atoms with E-state index in [1.165, 1.54) is 25.1 Å². The molecular weight excluding hydrogens is 522 g/mol. The number of sulfone groups is 1. The Kier molecular flexibility index (Phi) is 8.88. The fraction of sp³-hybridized carbons (Fsp3) is 0.217. The average molecular weight is 544 g/mol. The van der Waals surface area contributed by atoms with Gasteiger partial charge in [0.25, 0.3) is 16.8 Å². The molecule has 1 amide bonds. The summed E-state index contributed by atoms with van der Waals surface area (Å²) in [7, 11) is -3.63. The second kappa shape index (κ2) is 12.1. The van der Waals surface area contributed by atoms with E-state index in [9.17, 15) is 28.6 Å². The molecule has 1 N–H and O–H groups in total. The molecule has 3 rings (SSSR count). The van der Waals surface area contributed by atoms with E-state index in [0.29, 0.717) is 40.8 Å². The molecule has 0 spiro atoms. The summed E-state index contributed by atoms with van der Waals surface area (Å²) < 4.78 is 38.9. The van der Waals surface area contributed by atoms with Crippen molar-refractivity contribution < 1.29 is 27.6 Å². The van der Waals surface area contributed by atoms with Crippen molar-refractivity contribution in [3.05, 3.63) is 69.3 Å². The first kappa shape index (κ1) is 27.2. The zero-order chi connectivity index (χ0) is 27.0. The van der Waals surface area contributed by atoms with Crippen LogP contribution in [0.25, 0.3) is 6.08 Å². The number of benzene rings is 2. The number of ether oxygens (including phenoxy) is 2. The van der Waals surface area contributed by atoms with Crippen LogP contribution in [0.5, 0.6) is 11.5 Å². The van der Waals surface area contributed by atoms with Crippen LogP contribution in [0.3, 0.4) is 0 Å². The lowest BCUT2D eigenvalue weighted by Crippen LogP contribution is -2.13. The average Bonchev–Trinajstić information content (AvgIpc) is 3.36. The third kappa shape index (κ3) is 7.09. The zero-order valence-electron chi connectivity index (χ0n) is 19.7. The van der Waals surface area contributed by atoms with Crippen molar-refractivity contribution in [3.63, 3.8) is 0 Å². The molecule has 12 nitrogen and oxygen atoms in total. The van der Waals surface area contributed by atoms with Gasteiger partial charge in [-0.25, -0.2) is 8.42 Å². The molecule has 0 saturated heterocycles. The summed E-state index contributed by atoms with van der Waals surface area (Å²) in [5, 5.41) is 22.2. The van der Waals surface area contributed by atoms with Crippen LogP contribution in [0.2, 0.25) is 0 Å². The van der Waals surface area contributed by atoms with E-state index in [1.54, 1.807) is 37.3 Å². The molecule has 0 aliphatic carbocycles. The minimum Gasteiger partial charge on any atom is -0.490 e. The molecule has 0 bridgehead atoms. The maximum atomic E-state index is 12.6. The molecule has 0 radical (unpaired) electrons. The standard InChI is InChI=1S/C23H21N5O7S2/c1-3-34-20-12-16(7-10-19(20)35-14-15-5-8-18(9-6-15)28(30)31)11-17(13-24)21(29)25-22-26-23(27-36-22)37(32,33)4-2/h5-12H,3-4,14H2,1-2H3,(H,25,26,27,29)/b17-11-. The number of nitro benzene ring substituents is 1. The summed E-state index contributed by atoms with van der Waals surface area (Å²) in [6, 6.07) is 12.6. The number of non-ortho nitro benzene ring substituents is 1. The highest BCUT2D eigenvalue weighted by Gasteiger charge is 2.20. The minimum atomic E-state index is -3.63. The summed E-state index contributed by atoms with van der Waals surface area (Å²) >= 11 is 0.692. The van der Waals surface area contributed by atoms with Crippen LogP contribution in [0, 0.1) is 21.4 Å². The van der Waals surface area contributed by atoms with Gasteiger partial charge in [0, 0.05) is 23.7 Å². The number of aromatic nitrogens is 2. The van der Waals surface area contributed by atoms with Gasteiger partial charge in [0.1, 0.15) is 18.2 Å². The molecule has 37 heavy (non-hydrogen) atoms. The monoisotopic (exact) mass is 543 g/mol. The molecule has 14 heteroatoms. The van der Waals surface area contributed by atoms with Gasteiger partial charge in [-0.1, -0.05) is 13.0 Å². The van der Waals surface area contributed by atoms with Gasteiger partial charge in [0.15, 0.2) is 11.5 Å². The van der Waals surface area contributed by atoms with Crippen molar-refractivity contribution in [3.8, 4) is 17.6 Å². The first-order valence-electron chi connectivity index (χ1n) is 10.8. The lowest BCUT2D eigenvalue weighted by Gasteiger charge is -2.13. The third-order valence-electron chi connectivity index (χ3n) is 4.77. The molecule has 0 saturated carbocycles. The number of hydrogen-bond donors (Lipinski definition) is 1. The Balaban J connectivity index is 1.75. The van der Waals surface area contributed by atoms with E-state index in [1.807, 2.05) is 6.07 Å². The van der Waals surface area contributed by atoms with E-state index in [2.05, 4.69) is 14.7 Å². The molecule has 0 aliphatic rings. The lowest BCUT2D eigenvalue weighted by atomic mass is 10.1. The third-order valence-corrected chi connectivity index (χ3v) is 7.02. The Morgan fingerprint density at radius 1 is 1.19 bits per heavy atom. The molecule has 0 atom stereocenters. The quantitative estimate of drug-likeness (QED) is 0.162. The predicted molar refractivity (Wildman–Crippen MR) is 135 cm³/mol. The normalized spacial score (nSPS) is 11.4. The van der Waals surface area contributed by atoms with Gasteiger partial charge < -0.3 is 9.47 Å². The van der Waals surface area contributed by atoms with Gasteiger partial charge in [0.2, 0.25) is 15.0 Å². The Morgan fingerprint density at radius 3 is 2.54 bits per heavy atom. The number of nitro groups is 1. The van der Waals surface area contributed by atoms with Crippen molar-refractivity contribution >= 4 is 44.2 Å². The van der Waals surface area contributed by atoms with E-state index >= 15 is 0 Å². The number of nitriles is 1. The van der Waals surface area contributed by atoms with Crippen molar-refractivity contribution in [1.82, 2.24) is 9.36 Å². The molecule has 1 aromatic heterocycles. The number of hydrogen-bond acceptors (Lipinski definition) is 11. The first-order valence-corrected chi connectivity index (χ1v) is 13.2. The van der Waals surface area contributed by atoms with E-state index in [4.69, 9.17) is 9.47 Å². The molecule has 0 unspecified atom stereocenters. The van der Waals surface area contributed by atoms with Gasteiger partial charge in [-0.05, 0) is 48.4 Å². The van der Waals surface area contributed by atoms with Crippen molar-refractivity contribution in [2.75, 3.05) is 17.7 Å². The SMILES string of the molecule is CCOc1cc(/C=C(/C#N)C(=O)Nc2nc(S(=O)(=O)CC)ns2)ccc1OCc1ccc([N+](=O)[O-])cc1. The predicted octanol–water partition coefficient (Wildman–Crippen LogP) is 3.76. The topological polar surface area (TPSA) is 174 Å². The van der Waals surface area contributed by atoms with Gasteiger partial charge in [-0.2, -0.15) is 14.6 Å². The second-order valence-electron chi connectivity index (χ2n) is 7.26. The highest BCUT2D eigenvalue weighted by molar-refractivity contribution is 7.91. The maximum absolute atomic E-state index is 12.6. The van der Waals surface area contributed by atoms with Gasteiger partial charge in [-0.15, -0.1) is 0 Å². The number of carbonyl (C=O) groups excluding carboxylic acids is 1. The lowest BCUT2D eigenvalue weighted by molar-refractivity contribution is -0.384. The number of rotatable bonds is 11. The minimum absolute atomic E-state index is 0.0233. The molecule has 1 heterocycles. The number of nitrogens with zero attached hydrogens (tertiary/aromatic N) is 4. The molecule has 0 fully saturated rings. The van der Waals surface area contributed by atoms with Crippen LogP contribution in [0.4, 0.5) is 10.8 Å². The van der Waals surface area contributed by atoms with Crippen LogP contribution in [-0.2, 0) is 21.2 Å². The molecular formula is C23H21N5O7S2. The second-order valence-corrected chi connectivity index (χ2v) is 10.2. The number of carbonyl (C=O) groups is 1. The molecule has 192 valence electrons. The van der Waals surface area contributed by atoms with E-state index in [0.717, 1.165) is 0 Å². The summed E-state index contributed by atoms with van der Waals surface area (Å²) in [6.45, 7) is 3.70. The molecule has 0 aliphatic heterocycles. The van der Waals surface area contributed by atoms with E-state index < -0.39 is 20.7 Å². The Morgan fingerprint density at radius 2 is 1.92 bits per heavy atom. The Labute approximate surface area is 216 Å². The fourth-order valence-electron chi connectivity index (χ4n) is 2.87. The fourth-order valence-corrected chi connectivity index (χ4v) is 4.46. The van der Waals surface area contributed by atoms with Crippen molar-refractivity contribution in [2.45, 2.75) is 25.6 Å². The Bertz CT molecular complexity index is 1480. The van der Waals surface area contributed by atoms with Crippen LogP contribution in [-0.4, -0.2) is 41.0 Å². The van der Waals surface area contributed by atoms with Crippen molar-refractivity contribution in [2.24, 2.45) is 0 Å². The van der Waals surface area contributed by atoms with Crippen LogP contribution >= 0.6 is 11.5 Å². The van der Waals surface area contributed by atoms with Crippen LogP contribution in [0.15, 0.2) is 53.2 Å². The van der Waals surface area contributed by atoms with Gasteiger partial charge >= 0.3 is 0 Å². The van der Waals surface area contributed by atoms with Crippen molar-refractivity contribution in [1.29, 1.82) is 5.26 Å². The van der Waals surface area contributed by atoms with Gasteiger partial charge in [-0.3, -0.25) is 20.2 Å². The van der Waals surface area contributed by atoms with E-state index in [-0.39, 0.29) is 33.9 Å². The molecule has 2 aromatic carbocycles. The number of nitrogens with one attached hydrogen (secondary N) is 1. The number of amides is 1. The smallest absolute Gasteiger partial charge is 0.269 e. The maximum Gasteiger partial charge on any atom is 0.269 e. The zero-order valence-corrected chi connectivity index (χ0v) is 21.3. The Hall–Kier alpha value is -4.35. The van der Waals surface area contributed by atoms with Gasteiger partial charge in [0.05, 0.1) is 17.3 Å². The highest BCUT2D eigenvalue weighted by atomic mass is 32.2. The summed E-state index contributed by atoms with van der Waals surface area (Å²) in [6.07, 6.45) is 1.34. The number of anilines is 1. The molecule has 3 aromatic rings. The first-order chi connectivity index (χ1) is 17.7. The summed E-state index contributed by atoms with van der Waals surface area (Å²) in [5.74, 6) is -0.195. The van der Waals surface area contributed by atoms with Crippen LogP contribution in [0.1, 0.15) is 25.0 Å². The highest BCUT2D eigenvalue weighted by Crippen LogP contribution is 2.30. The van der Waals surface area contributed by atoms with Crippen LogP contribution < -0.4 is 14.8 Å². The summed E-state index contributed by atoms with van der Waals surface area (Å²) in [5.41, 5.74) is 0.915. The summed E-state index contributed by atoms with van der Waals surface area (Å²) in [4.78, 5) is 26.7.